The lowest BCUT2D eigenvalue weighted by molar-refractivity contribution is -0.136. The van der Waals surface area contributed by atoms with E-state index in [0.29, 0.717) is 5.69 Å². The highest BCUT2D eigenvalue weighted by Gasteiger charge is 2.20. The van der Waals surface area contributed by atoms with Gasteiger partial charge < -0.3 is 10.4 Å². The summed E-state index contributed by atoms with van der Waals surface area (Å²) in [7, 11) is 0. The van der Waals surface area contributed by atoms with Crippen molar-refractivity contribution in [3.05, 3.63) is 51.2 Å². The van der Waals surface area contributed by atoms with Crippen molar-refractivity contribution in [3.8, 4) is 0 Å². The van der Waals surface area contributed by atoms with Crippen molar-refractivity contribution in [1.82, 2.24) is 0 Å². The molecule has 2 aromatic rings. The van der Waals surface area contributed by atoms with E-state index in [9.17, 15) is 9.59 Å². The highest BCUT2D eigenvalue weighted by Crippen LogP contribution is 2.30. The molecule has 3 rings (SSSR count). The summed E-state index contributed by atoms with van der Waals surface area (Å²) in [6.07, 6.45) is 4.41. The van der Waals surface area contributed by atoms with Crippen molar-refractivity contribution in [3.63, 3.8) is 0 Å². The summed E-state index contributed by atoms with van der Waals surface area (Å²) in [4.78, 5) is 24.4. The van der Waals surface area contributed by atoms with Crippen molar-refractivity contribution < 1.29 is 14.7 Å². The second-order valence-corrected chi connectivity index (χ2v) is 6.44. The number of fused-ring (bicyclic) bond motifs is 1. The van der Waals surface area contributed by atoms with Gasteiger partial charge in [0.15, 0.2) is 0 Å². The van der Waals surface area contributed by atoms with Gasteiger partial charge in [-0.2, -0.15) is 0 Å². The van der Waals surface area contributed by atoms with E-state index < -0.39 is 5.97 Å². The number of carbonyl (C=O) groups is 2. The molecular formula is C17H17NO3S. The van der Waals surface area contributed by atoms with Crippen molar-refractivity contribution in [2.75, 3.05) is 5.32 Å². The fourth-order valence-electron chi connectivity index (χ4n) is 2.76. The normalized spacial score (nSPS) is 13.5. The lowest BCUT2D eigenvalue weighted by Crippen LogP contribution is -2.14. The van der Waals surface area contributed by atoms with Crippen LogP contribution in [0.3, 0.4) is 0 Å². The average molecular weight is 315 g/mol. The molecule has 0 atom stereocenters. The first-order chi connectivity index (χ1) is 10.6. The Hall–Kier alpha value is -2.14. The molecular weight excluding hydrogens is 298 g/mol. The number of carbonyl (C=O) groups excluding carboxylic acids is 1. The molecule has 0 saturated carbocycles. The topological polar surface area (TPSA) is 66.4 Å². The van der Waals surface area contributed by atoms with Crippen LogP contribution >= 0.6 is 11.3 Å². The Kier molecular flexibility index (Phi) is 4.24. The monoisotopic (exact) mass is 315 g/mol. The van der Waals surface area contributed by atoms with Gasteiger partial charge in [-0.15, -0.1) is 11.3 Å². The molecule has 0 aliphatic heterocycles. The summed E-state index contributed by atoms with van der Waals surface area (Å²) >= 11 is 1.67. The van der Waals surface area contributed by atoms with Crippen molar-refractivity contribution >= 4 is 28.9 Å². The Morgan fingerprint density at radius 1 is 1.14 bits per heavy atom. The first-order valence-corrected chi connectivity index (χ1v) is 8.23. The molecule has 0 bridgehead atoms. The van der Waals surface area contributed by atoms with E-state index in [2.05, 4.69) is 5.32 Å². The predicted octanol–water partition coefficient (Wildman–Crippen LogP) is 3.51. The van der Waals surface area contributed by atoms with Gasteiger partial charge in [-0.25, -0.2) is 0 Å². The number of carboxylic acid groups (broad SMARTS) is 1. The van der Waals surface area contributed by atoms with Crippen molar-refractivity contribution in [1.29, 1.82) is 0 Å². The lowest BCUT2D eigenvalue weighted by atomic mass is 9.95. The molecule has 0 radical (unpaired) electrons. The van der Waals surface area contributed by atoms with Gasteiger partial charge >= 0.3 is 5.97 Å². The average Bonchev–Trinajstić information content (AvgIpc) is 2.93. The van der Waals surface area contributed by atoms with E-state index in [1.54, 1.807) is 35.6 Å². The van der Waals surface area contributed by atoms with Crippen LogP contribution in [0, 0.1) is 0 Å². The summed E-state index contributed by atoms with van der Waals surface area (Å²) in [6, 6.07) is 6.95. The molecule has 0 fully saturated rings. The number of rotatable bonds is 4. The predicted molar refractivity (Wildman–Crippen MR) is 86.7 cm³/mol. The molecule has 5 heteroatoms. The zero-order valence-corrected chi connectivity index (χ0v) is 12.9. The Balaban J connectivity index is 1.71. The number of benzene rings is 1. The second kappa shape index (κ2) is 6.32. The summed E-state index contributed by atoms with van der Waals surface area (Å²) < 4.78 is 0. The molecule has 1 amide bonds. The number of hydrogen-bond donors (Lipinski definition) is 2. The standard InChI is InChI=1S/C17H17NO3S/c19-16(20)9-11-5-7-12(8-6-11)18-17(21)14-10-22-15-4-2-1-3-13(14)15/h5-8,10H,1-4,9H2,(H,18,21)(H,19,20). The maximum atomic E-state index is 12.4. The Bertz CT molecular complexity index is 703. The zero-order chi connectivity index (χ0) is 15.5. The van der Waals surface area contributed by atoms with Crippen LogP contribution in [0.1, 0.15) is 39.2 Å². The minimum atomic E-state index is -0.860. The van der Waals surface area contributed by atoms with Crippen LogP contribution in [0.4, 0.5) is 5.69 Å². The number of aryl methyl sites for hydroxylation is 1. The van der Waals surface area contributed by atoms with Crippen LogP contribution in [0.15, 0.2) is 29.6 Å². The van der Waals surface area contributed by atoms with Gasteiger partial charge in [-0.3, -0.25) is 9.59 Å². The third kappa shape index (κ3) is 3.20. The van der Waals surface area contributed by atoms with Gasteiger partial charge in [0.05, 0.1) is 12.0 Å². The van der Waals surface area contributed by atoms with Crippen molar-refractivity contribution in [2.24, 2.45) is 0 Å². The molecule has 0 spiro atoms. The zero-order valence-electron chi connectivity index (χ0n) is 12.1. The smallest absolute Gasteiger partial charge is 0.307 e. The lowest BCUT2D eigenvalue weighted by Gasteiger charge is -2.12. The molecule has 4 nitrogen and oxygen atoms in total. The first-order valence-electron chi connectivity index (χ1n) is 7.35. The fraction of sp³-hybridized carbons (Fsp3) is 0.294. The van der Waals surface area contributed by atoms with E-state index in [-0.39, 0.29) is 12.3 Å². The Morgan fingerprint density at radius 3 is 2.59 bits per heavy atom. The van der Waals surface area contributed by atoms with Crippen LogP contribution in [0.25, 0.3) is 0 Å². The number of carboxylic acids is 1. The molecule has 1 aromatic heterocycles. The molecule has 0 unspecified atom stereocenters. The van der Waals surface area contributed by atoms with Crippen LogP contribution < -0.4 is 5.32 Å². The van der Waals surface area contributed by atoms with Crippen LogP contribution in [0.5, 0.6) is 0 Å². The third-order valence-electron chi connectivity index (χ3n) is 3.87. The van der Waals surface area contributed by atoms with Crippen molar-refractivity contribution in [2.45, 2.75) is 32.1 Å². The van der Waals surface area contributed by atoms with Crippen LogP contribution in [-0.2, 0) is 24.1 Å². The first kappa shape index (κ1) is 14.8. The molecule has 1 aliphatic rings. The summed E-state index contributed by atoms with van der Waals surface area (Å²) in [5, 5.41) is 13.6. The third-order valence-corrected chi connectivity index (χ3v) is 4.96. The quantitative estimate of drug-likeness (QED) is 0.907. The van der Waals surface area contributed by atoms with E-state index in [1.165, 1.54) is 16.9 Å². The highest BCUT2D eigenvalue weighted by molar-refractivity contribution is 7.10. The number of thiophene rings is 1. The van der Waals surface area contributed by atoms with Gasteiger partial charge in [0, 0.05) is 15.9 Å². The minimum Gasteiger partial charge on any atom is -0.481 e. The minimum absolute atomic E-state index is 0.00767. The van der Waals surface area contributed by atoms with Gasteiger partial charge in [0.1, 0.15) is 0 Å². The van der Waals surface area contributed by atoms with Gasteiger partial charge in [0.2, 0.25) is 0 Å². The maximum absolute atomic E-state index is 12.4. The van der Waals surface area contributed by atoms with Crippen LogP contribution in [-0.4, -0.2) is 17.0 Å². The Morgan fingerprint density at radius 2 is 1.86 bits per heavy atom. The number of amides is 1. The number of nitrogens with one attached hydrogen (secondary N) is 1. The van der Waals surface area contributed by atoms with Gasteiger partial charge in [0.25, 0.3) is 5.91 Å². The van der Waals surface area contributed by atoms with E-state index in [4.69, 9.17) is 5.11 Å². The molecule has 1 aromatic carbocycles. The highest BCUT2D eigenvalue weighted by atomic mass is 32.1. The van der Waals surface area contributed by atoms with E-state index in [1.807, 2.05) is 5.38 Å². The summed E-state index contributed by atoms with van der Waals surface area (Å²) in [6.45, 7) is 0. The molecule has 1 heterocycles. The number of aliphatic carboxylic acids is 1. The second-order valence-electron chi connectivity index (χ2n) is 5.48. The molecule has 22 heavy (non-hydrogen) atoms. The number of anilines is 1. The fourth-order valence-corrected chi connectivity index (χ4v) is 3.89. The largest absolute Gasteiger partial charge is 0.481 e. The maximum Gasteiger partial charge on any atom is 0.307 e. The number of hydrogen-bond acceptors (Lipinski definition) is 3. The van der Waals surface area contributed by atoms with Crippen LogP contribution in [0.2, 0.25) is 0 Å². The Labute approximate surface area is 132 Å². The SMILES string of the molecule is O=C(O)Cc1ccc(NC(=O)c2csc3c2CCCC3)cc1. The summed E-state index contributed by atoms with van der Waals surface area (Å²) in [5.41, 5.74) is 3.40. The molecule has 114 valence electrons. The molecule has 1 aliphatic carbocycles. The van der Waals surface area contributed by atoms with E-state index >= 15 is 0 Å². The molecule has 2 N–H and O–H groups in total. The molecule has 0 saturated heterocycles. The summed E-state index contributed by atoms with van der Waals surface area (Å²) in [5.74, 6) is -0.938. The van der Waals surface area contributed by atoms with Gasteiger partial charge in [-0.05, 0) is 48.9 Å². The van der Waals surface area contributed by atoms with E-state index in [0.717, 1.165) is 30.4 Å². The van der Waals surface area contributed by atoms with Gasteiger partial charge in [-0.1, -0.05) is 12.1 Å².